The summed E-state index contributed by atoms with van der Waals surface area (Å²) in [4.78, 5) is 0. The SMILES string of the molecule is Cc1ccccc1OC1CCCCCCC1. The van der Waals surface area contributed by atoms with Crippen molar-refractivity contribution in [1.29, 1.82) is 0 Å². The quantitative estimate of drug-likeness (QED) is 0.710. The van der Waals surface area contributed by atoms with Crippen molar-refractivity contribution in [2.24, 2.45) is 0 Å². The molecule has 0 spiro atoms. The highest BCUT2D eigenvalue weighted by Crippen LogP contribution is 2.24. The number of para-hydroxylation sites is 1. The molecule has 1 fully saturated rings. The Morgan fingerprint density at radius 1 is 0.938 bits per heavy atom. The number of rotatable bonds is 2. The molecule has 0 aliphatic heterocycles. The van der Waals surface area contributed by atoms with Gasteiger partial charge in [0.05, 0.1) is 6.10 Å². The van der Waals surface area contributed by atoms with Crippen LogP contribution in [0.3, 0.4) is 0 Å². The molecule has 0 unspecified atom stereocenters. The first-order valence-electron chi connectivity index (χ1n) is 6.58. The van der Waals surface area contributed by atoms with E-state index < -0.39 is 0 Å². The van der Waals surface area contributed by atoms with Gasteiger partial charge in [-0.25, -0.2) is 0 Å². The zero-order chi connectivity index (χ0) is 11.2. The molecule has 0 atom stereocenters. The Bertz CT molecular complexity index is 311. The van der Waals surface area contributed by atoms with Crippen molar-refractivity contribution in [2.45, 2.75) is 58.0 Å². The van der Waals surface area contributed by atoms with Crippen molar-refractivity contribution in [2.75, 3.05) is 0 Å². The molecule has 1 aromatic rings. The lowest BCUT2D eigenvalue weighted by Gasteiger charge is -2.22. The normalized spacial score (nSPS) is 18.8. The first kappa shape index (κ1) is 11.5. The van der Waals surface area contributed by atoms with Gasteiger partial charge in [-0.3, -0.25) is 0 Å². The molecule has 0 bridgehead atoms. The summed E-state index contributed by atoms with van der Waals surface area (Å²) in [5.41, 5.74) is 1.25. The fourth-order valence-electron chi connectivity index (χ4n) is 2.40. The summed E-state index contributed by atoms with van der Waals surface area (Å²) in [5, 5.41) is 0. The molecule has 88 valence electrons. The molecule has 1 aliphatic rings. The van der Waals surface area contributed by atoms with E-state index in [9.17, 15) is 0 Å². The predicted octanol–water partition coefficient (Wildman–Crippen LogP) is 4.49. The Labute approximate surface area is 98.8 Å². The highest BCUT2D eigenvalue weighted by molar-refractivity contribution is 5.31. The van der Waals surface area contributed by atoms with Gasteiger partial charge in [0.15, 0.2) is 0 Å². The van der Waals surface area contributed by atoms with Gasteiger partial charge in [0.2, 0.25) is 0 Å². The van der Waals surface area contributed by atoms with Crippen LogP contribution < -0.4 is 4.74 Å². The largest absolute Gasteiger partial charge is 0.490 e. The zero-order valence-corrected chi connectivity index (χ0v) is 10.2. The van der Waals surface area contributed by atoms with Crippen LogP contribution in [-0.4, -0.2) is 6.10 Å². The lowest BCUT2D eigenvalue weighted by Crippen LogP contribution is -2.18. The number of aryl methyl sites for hydroxylation is 1. The van der Waals surface area contributed by atoms with Gasteiger partial charge in [-0.1, -0.05) is 37.5 Å². The van der Waals surface area contributed by atoms with E-state index in [-0.39, 0.29) is 0 Å². The van der Waals surface area contributed by atoms with E-state index >= 15 is 0 Å². The molecule has 0 saturated heterocycles. The lowest BCUT2D eigenvalue weighted by molar-refractivity contribution is 0.165. The minimum atomic E-state index is 0.446. The number of ether oxygens (including phenoxy) is 1. The molecular formula is C15H22O. The molecule has 0 radical (unpaired) electrons. The number of benzene rings is 1. The van der Waals surface area contributed by atoms with Crippen LogP contribution in [0, 0.1) is 6.92 Å². The second kappa shape index (κ2) is 5.93. The fourth-order valence-corrected chi connectivity index (χ4v) is 2.40. The molecule has 1 saturated carbocycles. The predicted molar refractivity (Wildman–Crippen MR) is 67.9 cm³/mol. The Kier molecular flexibility index (Phi) is 4.26. The van der Waals surface area contributed by atoms with Crippen molar-refractivity contribution < 1.29 is 4.74 Å². The maximum absolute atomic E-state index is 6.12. The average Bonchev–Trinajstić information content (AvgIpc) is 2.24. The fraction of sp³-hybridized carbons (Fsp3) is 0.600. The standard InChI is InChI=1S/C15H22O/c1-13-9-7-8-12-15(13)16-14-10-5-3-2-4-6-11-14/h7-9,12,14H,2-6,10-11H2,1H3. The van der Waals surface area contributed by atoms with Gasteiger partial charge in [0.25, 0.3) is 0 Å². The third-order valence-corrected chi connectivity index (χ3v) is 3.44. The maximum atomic E-state index is 6.12. The van der Waals surface area contributed by atoms with Crippen LogP contribution in [0.4, 0.5) is 0 Å². The van der Waals surface area contributed by atoms with Crippen molar-refractivity contribution in [3.05, 3.63) is 29.8 Å². The molecule has 1 heteroatoms. The highest BCUT2D eigenvalue weighted by Gasteiger charge is 2.13. The van der Waals surface area contributed by atoms with Crippen LogP contribution in [0.25, 0.3) is 0 Å². The molecule has 2 rings (SSSR count). The third kappa shape index (κ3) is 3.26. The van der Waals surface area contributed by atoms with Crippen molar-refractivity contribution >= 4 is 0 Å². The molecule has 1 aromatic carbocycles. The van der Waals surface area contributed by atoms with Crippen molar-refractivity contribution in [3.63, 3.8) is 0 Å². The molecule has 0 aromatic heterocycles. The second-order valence-electron chi connectivity index (χ2n) is 4.85. The van der Waals surface area contributed by atoms with Gasteiger partial charge in [-0.2, -0.15) is 0 Å². The van der Waals surface area contributed by atoms with Crippen LogP contribution in [0.1, 0.15) is 50.5 Å². The van der Waals surface area contributed by atoms with Gasteiger partial charge >= 0.3 is 0 Å². The Hall–Kier alpha value is -0.980. The minimum Gasteiger partial charge on any atom is -0.490 e. The van der Waals surface area contributed by atoms with Gasteiger partial charge in [0.1, 0.15) is 5.75 Å². The number of hydrogen-bond acceptors (Lipinski definition) is 1. The molecule has 0 N–H and O–H groups in total. The summed E-state index contributed by atoms with van der Waals surface area (Å²) in [6.07, 6.45) is 9.75. The van der Waals surface area contributed by atoms with Crippen molar-refractivity contribution in [1.82, 2.24) is 0 Å². The lowest BCUT2D eigenvalue weighted by atomic mass is 9.98. The van der Waals surface area contributed by atoms with E-state index in [2.05, 4.69) is 31.2 Å². The van der Waals surface area contributed by atoms with Crippen LogP contribution in [-0.2, 0) is 0 Å². The van der Waals surface area contributed by atoms with E-state index in [1.165, 1.54) is 50.5 Å². The molecule has 1 nitrogen and oxygen atoms in total. The van der Waals surface area contributed by atoms with Crippen LogP contribution in [0.5, 0.6) is 5.75 Å². The van der Waals surface area contributed by atoms with Crippen LogP contribution in [0.15, 0.2) is 24.3 Å². The third-order valence-electron chi connectivity index (χ3n) is 3.44. The van der Waals surface area contributed by atoms with E-state index in [4.69, 9.17) is 4.74 Å². The van der Waals surface area contributed by atoms with Gasteiger partial charge < -0.3 is 4.74 Å². The Balaban J connectivity index is 1.94. The smallest absolute Gasteiger partial charge is 0.122 e. The van der Waals surface area contributed by atoms with E-state index in [1.807, 2.05) is 0 Å². The molecule has 0 amide bonds. The van der Waals surface area contributed by atoms with Gasteiger partial charge in [-0.15, -0.1) is 0 Å². The highest BCUT2D eigenvalue weighted by atomic mass is 16.5. The molecule has 1 aliphatic carbocycles. The maximum Gasteiger partial charge on any atom is 0.122 e. The van der Waals surface area contributed by atoms with Crippen molar-refractivity contribution in [3.8, 4) is 5.75 Å². The zero-order valence-electron chi connectivity index (χ0n) is 10.2. The monoisotopic (exact) mass is 218 g/mol. The van der Waals surface area contributed by atoms with Gasteiger partial charge in [0, 0.05) is 0 Å². The minimum absolute atomic E-state index is 0.446. The van der Waals surface area contributed by atoms with Crippen LogP contribution >= 0.6 is 0 Å². The van der Waals surface area contributed by atoms with E-state index in [0.717, 1.165) is 5.75 Å². The number of hydrogen-bond donors (Lipinski definition) is 0. The van der Waals surface area contributed by atoms with E-state index in [0.29, 0.717) is 6.10 Å². The summed E-state index contributed by atoms with van der Waals surface area (Å²) >= 11 is 0. The summed E-state index contributed by atoms with van der Waals surface area (Å²) in [7, 11) is 0. The topological polar surface area (TPSA) is 9.23 Å². The van der Waals surface area contributed by atoms with Crippen LogP contribution in [0.2, 0.25) is 0 Å². The Morgan fingerprint density at radius 3 is 2.25 bits per heavy atom. The molecule has 16 heavy (non-hydrogen) atoms. The van der Waals surface area contributed by atoms with E-state index in [1.54, 1.807) is 0 Å². The Morgan fingerprint density at radius 2 is 1.56 bits per heavy atom. The first-order chi connectivity index (χ1) is 7.86. The summed E-state index contributed by atoms with van der Waals surface area (Å²) in [6.45, 7) is 2.12. The van der Waals surface area contributed by atoms with Gasteiger partial charge in [-0.05, 0) is 44.2 Å². The summed E-state index contributed by atoms with van der Waals surface area (Å²) in [6, 6.07) is 8.35. The summed E-state index contributed by atoms with van der Waals surface area (Å²) < 4.78 is 6.12. The average molecular weight is 218 g/mol. The molecular weight excluding hydrogens is 196 g/mol. The first-order valence-corrected chi connectivity index (χ1v) is 6.58. The second-order valence-corrected chi connectivity index (χ2v) is 4.85. The summed E-state index contributed by atoms with van der Waals surface area (Å²) in [5.74, 6) is 1.08. The molecule has 0 heterocycles.